The summed E-state index contributed by atoms with van der Waals surface area (Å²) in [6.07, 6.45) is 17.0. The van der Waals surface area contributed by atoms with Crippen molar-refractivity contribution in [2.45, 2.75) is 0 Å². The number of carboxylic acids is 1. The monoisotopic (exact) mass is 771 g/mol. The molecular formula is C46H33N11O2. The largest absolute Gasteiger partial charge is 0.478 e. The molecule has 4 aromatic carbocycles. The normalized spacial score (nSPS) is 11.0. The van der Waals surface area contributed by atoms with E-state index in [1.165, 1.54) is 23.8 Å². The van der Waals surface area contributed by atoms with Crippen LogP contribution in [0.1, 0.15) is 15.9 Å². The molecule has 0 saturated heterocycles. The summed E-state index contributed by atoms with van der Waals surface area (Å²) < 4.78 is 4.17. The van der Waals surface area contributed by atoms with Gasteiger partial charge in [-0.25, -0.2) is 4.79 Å². The molecule has 0 amide bonds. The summed E-state index contributed by atoms with van der Waals surface area (Å²) in [6, 6.07) is 29.9. The Morgan fingerprint density at radius 3 is 1.66 bits per heavy atom. The number of rotatable bonds is 7. The molecule has 0 spiro atoms. The first-order valence-electron chi connectivity index (χ1n) is 18.5. The summed E-state index contributed by atoms with van der Waals surface area (Å²) in [5.41, 5.74) is 12.6. The van der Waals surface area contributed by atoms with E-state index >= 15 is 0 Å². The standard InChI is InChI=1S/C23H16N6.C23H17N5O2/c1-29-9-5-15-2-3-16(10-22(15)29)19-11-18(12-20-23(19)27-8-7-26-20)28-21-14-25-6-4-17(21)13-24;1-28-9-5-14-2-3-15(10-21(14)28)18-11-16(12-19-22(18)26-8-7-25-19)27-20-13-24-6-4-17(20)23(29)30/h2-12,14,28H,1H3;2-13,27H,1H3,(H,29,30). The predicted molar refractivity (Wildman–Crippen MR) is 230 cm³/mol. The third-order valence-corrected chi connectivity index (χ3v) is 10.1. The zero-order valence-corrected chi connectivity index (χ0v) is 31.7. The van der Waals surface area contributed by atoms with Crippen molar-refractivity contribution in [2.75, 3.05) is 10.6 Å². The van der Waals surface area contributed by atoms with Crippen molar-refractivity contribution >= 4 is 72.6 Å². The Balaban J connectivity index is 0.000000152. The van der Waals surface area contributed by atoms with Crippen molar-refractivity contribution in [1.82, 2.24) is 39.0 Å². The number of aromatic carboxylic acids is 1. The Kier molecular flexibility index (Phi) is 9.32. The number of aryl methyl sites for hydroxylation is 2. The van der Waals surface area contributed by atoms with Crippen LogP contribution in [0.25, 0.3) is 66.1 Å². The van der Waals surface area contributed by atoms with Gasteiger partial charge in [0.15, 0.2) is 0 Å². The van der Waals surface area contributed by atoms with Crippen LogP contribution in [0, 0.1) is 11.3 Å². The molecule has 0 bridgehead atoms. The molecule has 0 aliphatic rings. The van der Waals surface area contributed by atoms with E-state index in [1.54, 1.807) is 43.2 Å². The Bertz CT molecular complexity index is 3270. The molecular weight excluding hydrogens is 739 g/mol. The van der Waals surface area contributed by atoms with Crippen LogP contribution in [0.15, 0.2) is 147 Å². The molecule has 10 rings (SSSR count). The molecule has 10 aromatic rings. The third kappa shape index (κ3) is 7.09. The van der Waals surface area contributed by atoms with Gasteiger partial charge >= 0.3 is 5.97 Å². The molecule has 284 valence electrons. The maximum Gasteiger partial charge on any atom is 0.337 e. The van der Waals surface area contributed by atoms with Gasteiger partial charge in [0.1, 0.15) is 6.07 Å². The zero-order chi connectivity index (χ0) is 40.5. The molecule has 0 aliphatic heterocycles. The van der Waals surface area contributed by atoms with Crippen LogP contribution in [0.2, 0.25) is 0 Å². The number of nitrogens with zero attached hydrogens (tertiary/aromatic N) is 9. The highest BCUT2D eigenvalue weighted by Gasteiger charge is 2.15. The van der Waals surface area contributed by atoms with Crippen LogP contribution in [0.4, 0.5) is 22.7 Å². The van der Waals surface area contributed by atoms with Gasteiger partial charge in [-0.15, -0.1) is 0 Å². The smallest absolute Gasteiger partial charge is 0.337 e. The maximum absolute atomic E-state index is 11.6. The molecule has 0 radical (unpaired) electrons. The number of anilines is 4. The van der Waals surface area contributed by atoms with Gasteiger partial charge in [-0.05, 0) is 82.6 Å². The summed E-state index contributed by atoms with van der Waals surface area (Å²) in [5.74, 6) is -1.02. The van der Waals surface area contributed by atoms with Gasteiger partial charge in [0, 0.05) is 97.2 Å². The minimum absolute atomic E-state index is 0.149. The Labute approximate surface area is 337 Å². The van der Waals surface area contributed by atoms with Gasteiger partial charge < -0.3 is 24.9 Å². The molecule has 6 aromatic heterocycles. The minimum atomic E-state index is -1.02. The highest BCUT2D eigenvalue weighted by molar-refractivity contribution is 6.00. The summed E-state index contributed by atoms with van der Waals surface area (Å²) in [6.45, 7) is 0. The van der Waals surface area contributed by atoms with Gasteiger partial charge in [0.25, 0.3) is 0 Å². The number of nitrogens with one attached hydrogen (secondary N) is 2. The molecule has 59 heavy (non-hydrogen) atoms. The fourth-order valence-electron chi connectivity index (χ4n) is 7.18. The van der Waals surface area contributed by atoms with Gasteiger partial charge in [0.2, 0.25) is 0 Å². The van der Waals surface area contributed by atoms with Gasteiger partial charge in [-0.3, -0.25) is 29.9 Å². The first-order valence-corrected chi connectivity index (χ1v) is 18.5. The van der Waals surface area contributed by atoms with E-state index in [0.717, 1.165) is 60.9 Å². The molecule has 0 fully saturated rings. The predicted octanol–water partition coefficient (Wildman–Crippen LogP) is 9.42. The van der Waals surface area contributed by atoms with Gasteiger partial charge in [0.05, 0.1) is 57.0 Å². The van der Waals surface area contributed by atoms with Crippen LogP contribution < -0.4 is 10.6 Å². The lowest BCUT2D eigenvalue weighted by atomic mass is 10.0. The number of fused-ring (bicyclic) bond motifs is 4. The van der Waals surface area contributed by atoms with E-state index in [-0.39, 0.29) is 5.56 Å². The van der Waals surface area contributed by atoms with Crippen molar-refractivity contribution in [3.05, 3.63) is 158 Å². The van der Waals surface area contributed by atoms with E-state index in [9.17, 15) is 15.2 Å². The Morgan fingerprint density at radius 2 is 1.12 bits per heavy atom. The quantitative estimate of drug-likeness (QED) is 0.141. The third-order valence-electron chi connectivity index (χ3n) is 10.1. The average Bonchev–Trinajstić information content (AvgIpc) is 3.84. The zero-order valence-electron chi connectivity index (χ0n) is 31.7. The van der Waals surface area contributed by atoms with E-state index in [2.05, 4.69) is 110 Å². The summed E-state index contributed by atoms with van der Waals surface area (Å²) in [5, 5.41) is 27.7. The number of pyridine rings is 2. The second-order valence-corrected chi connectivity index (χ2v) is 13.8. The SMILES string of the molecule is Cn1ccc2ccc(-c3cc(Nc4cnccc4C#N)cc4nccnc34)cc21.Cn1ccc2ccc(-c3cc(Nc4cnccc4C(=O)O)cc4nccnc34)cc21. The van der Waals surface area contributed by atoms with Crippen LogP contribution in [-0.2, 0) is 14.1 Å². The molecule has 0 unspecified atom stereocenters. The molecule has 0 saturated carbocycles. The summed E-state index contributed by atoms with van der Waals surface area (Å²) in [4.78, 5) is 37.8. The van der Waals surface area contributed by atoms with Gasteiger partial charge in [-0.1, -0.05) is 24.3 Å². The summed E-state index contributed by atoms with van der Waals surface area (Å²) >= 11 is 0. The Morgan fingerprint density at radius 1 is 0.610 bits per heavy atom. The summed E-state index contributed by atoms with van der Waals surface area (Å²) in [7, 11) is 4.05. The van der Waals surface area contributed by atoms with Gasteiger partial charge in [-0.2, -0.15) is 5.26 Å². The van der Waals surface area contributed by atoms with Crippen molar-refractivity contribution in [3.63, 3.8) is 0 Å². The number of nitriles is 1. The van der Waals surface area contributed by atoms with Crippen LogP contribution in [-0.4, -0.2) is 50.1 Å². The average molecular weight is 772 g/mol. The van der Waals surface area contributed by atoms with Crippen molar-refractivity contribution in [2.24, 2.45) is 14.1 Å². The molecule has 6 heterocycles. The van der Waals surface area contributed by atoms with Crippen LogP contribution >= 0.6 is 0 Å². The molecule has 13 nitrogen and oxygen atoms in total. The molecule has 0 atom stereocenters. The topological polar surface area (TPSA) is 172 Å². The fraction of sp³-hybridized carbons (Fsp3) is 0.0435. The Hall–Kier alpha value is -8.50. The van der Waals surface area contributed by atoms with E-state index < -0.39 is 5.97 Å². The first kappa shape index (κ1) is 36.2. The number of benzene rings is 4. The first-order chi connectivity index (χ1) is 28.8. The van der Waals surface area contributed by atoms with Crippen LogP contribution in [0.5, 0.6) is 0 Å². The fourth-order valence-corrected chi connectivity index (χ4v) is 7.18. The number of hydrogen-bond donors (Lipinski definition) is 3. The molecule has 13 heteroatoms. The number of carboxylic acid groups (broad SMARTS) is 1. The van der Waals surface area contributed by atoms with Crippen molar-refractivity contribution < 1.29 is 9.90 Å². The molecule has 3 N–H and O–H groups in total. The van der Waals surface area contributed by atoms with E-state index in [1.807, 2.05) is 44.6 Å². The van der Waals surface area contributed by atoms with E-state index in [0.29, 0.717) is 28.1 Å². The minimum Gasteiger partial charge on any atom is -0.478 e. The lowest BCUT2D eigenvalue weighted by Crippen LogP contribution is -2.03. The highest BCUT2D eigenvalue weighted by atomic mass is 16.4. The highest BCUT2D eigenvalue weighted by Crippen LogP contribution is 2.35. The van der Waals surface area contributed by atoms with Crippen molar-refractivity contribution in [3.8, 4) is 28.3 Å². The van der Waals surface area contributed by atoms with Crippen molar-refractivity contribution in [1.29, 1.82) is 5.26 Å². The molecule has 0 aliphatic carbocycles. The lowest BCUT2D eigenvalue weighted by molar-refractivity contribution is 0.0698. The van der Waals surface area contributed by atoms with Crippen LogP contribution in [0.3, 0.4) is 0 Å². The number of carbonyl (C=O) groups is 1. The van der Waals surface area contributed by atoms with E-state index in [4.69, 9.17) is 0 Å². The number of hydrogen-bond acceptors (Lipinski definition) is 10. The second-order valence-electron chi connectivity index (χ2n) is 13.8. The second kappa shape index (κ2) is 15.2. The number of aromatic nitrogens is 8. The lowest BCUT2D eigenvalue weighted by Gasteiger charge is -2.13. The maximum atomic E-state index is 11.6.